The minimum absolute atomic E-state index is 0.0263. The third-order valence-electron chi connectivity index (χ3n) is 10.8. The molecule has 5 fully saturated rings. The molecule has 0 bridgehead atoms. The molecule has 4 heterocycles. The van der Waals surface area contributed by atoms with Crippen molar-refractivity contribution in [2.24, 2.45) is 28.1 Å². The molecule has 2 aliphatic carbocycles. The number of ether oxygens (including phenoxy) is 4. The molecular weight excluding hydrogens is 480 g/mol. The Morgan fingerprint density at radius 3 is 2.41 bits per heavy atom. The molecule has 1 aromatic rings. The van der Waals surface area contributed by atoms with E-state index < -0.39 is 63.7 Å². The summed E-state index contributed by atoms with van der Waals surface area (Å²) in [5, 5.41) is 0. The van der Waals surface area contributed by atoms with Crippen molar-refractivity contribution >= 4 is 23.7 Å². The van der Waals surface area contributed by atoms with Crippen LogP contribution in [0, 0.1) is 28.1 Å². The number of rotatable bonds is 2. The monoisotopic (exact) mass is 514 g/mol. The van der Waals surface area contributed by atoms with Gasteiger partial charge in [0.25, 0.3) is 0 Å². The third-order valence-corrected chi connectivity index (χ3v) is 10.8. The fraction of sp³-hybridized carbons (Fsp3) is 0.714. The Morgan fingerprint density at radius 1 is 1.03 bits per heavy atom. The minimum Gasteiger partial charge on any atom is -0.472 e. The van der Waals surface area contributed by atoms with E-state index in [2.05, 4.69) is 0 Å². The van der Waals surface area contributed by atoms with Gasteiger partial charge in [0.05, 0.1) is 24.4 Å². The van der Waals surface area contributed by atoms with Crippen LogP contribution in [0.4, 0.5) is 0 Å². The molecule has 0 N–H and O–H groups in total. The number of ketones is 1. The highest BCUT2D eigenvalue weighted by molar-refractivity contribution is 5.93. The van der Waals surface area contributed by atoms with Crippen molar-refractivity contribution in [3.05, 3.63) is 24.2 Å². The minimum atomic E-state index is -1.09. The predicted octanol–water partition coefficient (Wildman–Crippen LogP) is 3.69. The van der Waals surface area contributed by atoms with Gasteiger partial charge < -0.3 is 23.4 Å². The molecule has 2 saturated carbocycles. The predicted molar refractivity (Wildman–Crippen MR) is 126 cm³/mol. The average Bonchev–Trinajstić information content (AvgIpc) is 3.38. The summed E-state index contributed by atoms with van der Waals surface area (Å²) in [6, 6.07) is 1.78. The number of Topliss-reactive ketones (excluding diaryl/α,β-unsaturated/α-hetero) is 1. The highest BCUT2D eigenvalue weighted by Gasteiger charge is 2.88. The Morgan fingerprint density at radius 2 is 1.76 bits per heavy atom. The van der Waals surface area contributed by atoms with Gasteiger partial charge in [0.15, 0.2) is 6.10 Å². The fourth-order valence-electron chi connectivity index (χ4n) is 9.24. The zero-order valence-corrected chi connectivity index (χ0v) is 22.1. The molecule has 200 valence electrons. The smallest absolute Gasteiger partial charge is 0.339 e. The van der Waals surface area contributed by atoms with Crippen LogP contribution in [0.25, 0.3) is 0 Å². The number of esters is 3. The number of epoxide rings is 1. The molecule has 3 saturated heterocycles. The van der Waals surface area contributed by atoms with Crippen molar-refractivity contribution in [1.82, 2.24) is 0 Å². The summed E-state index contributed by atoms with van der Waals surface area (Å²) in [6.07, 6.45) is 2.06. The van der Waals surface area contributed by atoms with Gasteiger partial charge in [-0.25, -0.2) is 4.79 Å². The SMILES string of the molecule is CC(=O)O[C@H]1CC(=O)OC(C)(C)[C@@H]2CC(=O)[C@@]3(C)[C@@H](CC[C@@]4(C)[C@@H](c5ccoc5)OC(=O)[C@@H]5O[C@@]543)[C@]12C. The van der Waals surface area contributed by atoms with Crippen LogP contribution >= 0.6 is 0 Å². The van der Waals surface area contributed by atoms with Crippen LogP contribution in [-0.4, -0.2) is 47.1 Å². The van der Waals surface area contributed by atoms with Crippen LogP contribution in [0.15, 0.2) is 23.0 Å². The van der Waals surface area contributed by atoms with Crippen molar-refractivity contribution in [2.75, 3.05) is 0 Å². The number of cyclic esters (lactones) is 2. The summed E-state index contributed by atoms with van der Waals surface area (Å²) in [6.45, 7) is 11.0. The van der Waals surface area contributed by atoms with E-state index in [0.717, 1.165) is 5.56 Å². The fourth-order valence-corrected chi connectivity index (χ4v) is 9.24. The van der Waals surface area contributed by atoms with E-state index in [0.29, 0.717) is 12.8 Å². The molecule has 9 atom stereocenters. The Kier molecular flexibility index (Phi) is 4.82. The maximum absolute atomic E-state index is 14.4. The second-order valence-electron chi connectivity index (χ2n) is 12.7. The van der Waals surface area contributed by atoms with Gasteiger partial charge in [-0.15, -0.1) is 0 Å². The molecule has 6 rings (SSSR count). The summed E-state index contributed by atoms with van der Waals surface area (Å²) >= 11 is 0. The van der Waals surface area contributed by atoms with E-state index in [4.69, 9.17) is 23.4 Å². The first-order chi connectivity index (χ1) is 17.2. The molecule has 0 unspecified atom stereocenters. The van der Waals surface area contributed by atoms with Gasteiger partial charge in [0.1, 0.15) is 29.2 Å². The first-order valence-corrected chi connectivity index (χ1v) is 13.1. The molecule has 0 amide bonds. The molecule has 9 nitrogen and oxygen atoms in total. The van der Waals surface area contributed by atoms with Crippen molar-refractivity contribution in [3.8, 4) is 0 Å². The van der Waals surface area contributed by atoms with E-state index in [1.807, 2.05) is 34.6 Å². The van der Waals surface area contributed by atoms with Gasteiger partial charge in [-0.3, -0.25) is 14.4 Å². The number of hydrogen-bond donors (Lipinski definition) is 0. The number of carbonyl (C=O) groups is 4. The van der Waals surface area contributed by atoms with Crippen LogP contribution in [0.5, 0.6) is 0 Å². The topological polar surface area (TPSA) is 122 Å². The Hall–Kier alpha value is -2.68. The molecule has 1 spiro atoms. The molecule has 0 radical (unpaired) electrons. The second kappa shape index (κ2) is 7.24. The average molecular weight is 515 g/mol. The largest absolute Gasteiger partial charge is 0.472 e. The van der Waals surface area contributed by atoms with E-state index in [-0.39, 0.29) is 30.5 Å². The van der Waals surface area contributed by atoms with Crippen LogP contribution in [0.3, 0.4) is 0 Å². The molecule has 5 aliphatic rings. The highest BCUT2D eigenvalue weighted by Crippen LogP contribution is 2.78. The standard InChI is InChI=1S/C28H34O9/c1-14(29)34-19-12-20(31)36-24(2,3)17-11-18(30)27(6)16(26(17,19)5)7-9-25(4)21(15-8-10-33-13-15)35-23(32)22-28(25,27)37-22/h8,10,13,16-17,19,21-22H,7,9,11-12H2,1-6H3/t16-,17-,19-,21+,22-,25-,26-,27+,28-/m0/s1. The third kappa shape index (κ3) is 2.79. The lowest BCUT2D eigenvalue weighted by molar-refractivity contribution is -0.234. The van der Waals surface area contributed by atoms with Gasteiger partial charge in [-0.1, -0.05) is 13.8 Å². The Labute approximate surface area is 215 Å². The van der Waals surface area contributed by atoms with Crippen LogP contribution in [0.2, 0.25) is 0 Å². The maximum Gasteiger partial charge on any atom is 0.339 e. The van der Waals surface area contributed by atoms with Crippen LogP contribution in [-0.2, 0) is 38.1 Å². The summed E-state index contributed by atoms with van der Waals surface area (Å²) in [7, 11) is 0. The molecule has 37 heavy (non-hydrogen) atoms. The zero-order chi connectivity index (χ0) is 26.8. The van der Waals surface area contributed by atoms with Gasteiger partial charge >= 0.3 is 17.9 Å². The summed E-state index contributed by atoms with van der Waals surface area (Å²) < 4.78 is 29.3. The summed E-state index contributed by atoms with van der Waals surface area (Å²) in [5.74, 6) is -2.18. The molecule has 9 heteroatoms. The quantitative estimate of drug-likeness (QED) is 0.330. The molecule has 1 aromatic heterocycles. The van der Waals surface area contributed by atoms with Gasteiger partial charge in [0.2, 0.25) is 0 Å². The van der Waals surface area contributed by atoms with E-state index in [1.54, 1.807) is 12.3 Å². The molecular formula is C28H34O9. The van der Waals surface area contributed by atoms with Gasteiger partial charge in [-0.2, -0.15) is 0 Å². The van der Waals surface area contributed by atoms with E-state index >= 15 is 0 Å². The van der Waals surface area contributed by atoms with Crippen LogP contribution in [0.1, 0.15) is 78.9 Å². The van der Waals surface area contributed by atoms with Crippen molar-refractivity contribution in [2.45, 2.75) is 96.7 Å². The molecule has 0 aromatic carbocycles. The van der Waals surface area contributed by atoms with E-state index in [1.165, 1.54) is 13.2 Å². The first-order valence-electron chi connectivity index (χ1n) is 13.1. The lowest BCUT2D eigenvalue weighted by Crippen LogP contribution is -2.72. The van der Waals surface area contributed by atoms with Crippen molar-refractivity contribution < 1.29 is 42.5 Å². The second-order valence-corrected chi connectivity index (χ2v) is 12.7. The van der Waals surface area contributed by atoms with Crippen molar-refractivity contribution in [1.29, 1.82) is 0 Å². The molecule has 3 aliphatic heterocycles. The number of furan rings is 1. The highest BCUT2D eigenvalue weighted by atomic mass is 16.7. The number of fused-ring (bicyclic) bond motifs is 3. The Balaban J connectivity index is 1.54. The normalized spacial score (nSPS) is 47.7. The lowest BCUT2D eigenvalue weighted by Gasteiger charge is -2.66. The summed E-state index contributed by atoms with van der Waals surface area (Å²) in [4.78, 5) is 52.7. The summed E-state index contributed by atoms with van der Waals surface area (Å²) in [5.41, 5.74) is -3.88. The maximum atomic E-state index is 14.4. The van der Waals surface area contributed by atoms with E-state index in [9.17, 15) is 19.2 Å². The number of carbonyl (C=O) groups excluding carboxylic acids is 4. The number of hydrogen-bond acceptors (Lipinski definition) is 9. The first kappa shape index (κ1) is 24.6. The van der Waals surface area contributed by atoms with Gasteiger partial charge in [-0.05, 0) is 45.6 Å². The lowest BCUT2D eigenvalue weighted by atomic mass is 9.37. The van der Waals surface area contributed by atoms with Gasteiger partial charge in [0, 0.05) is 35.7 Å². The zero-order valence-electron chi connectivity index (χ0n) is 22.1. The van der Waals surface area contributed by atoms with Crippen LogP contribution < -0.4 is 0 Å². The Bertz CT molecular complexity index is 1200. The van der Waals surface area contributed by atoms with Crippen molar-refractivity contribution in [3.63, 3.8) is 0 Å².